The minimum Gasteiger partial charge on any atom is -0.508 e. The van der Waals surface area contributed by atoms with Gasteiger partial charge >= 0.3 is 0 Å². The standard InChI is InChI=1S/C21H28O2/c1-14-11-15(9-10-18(14)22)7-8-16-12-17(20(2,3)4)19(23)21(5,6)13-16/h7-13,19,22-23H,1-6H3. The fourth-order valence-electron chi connectivity index (χ4n) is 2.91. The van der Waals surface area contributed by atoms with Gasteiger partial charge in [-0.2, -0.15) is 0 Å². The Morgan fingerprint density at radius 1 is 1.13 bits per heavy atom. The van der Waals surface area contributed by atoms with Gasteiger partial charge in [0, 0.05) is 5.41 Å². The van der Waals surface area contributed by atoms with E-state index < -0.39 is 6.10 Å². The summed E-state index contributed by atoms with van der Waals surface area (Å²) in [5, 5.41) is 20.2. The maximum Gasteiger partial charge on any atom is 0.118 e. The van der Waals surface area contributed by atoms with Crippen LogP contribution in [0.25, 0.3) is 6.08 Å². The van der Waals surface area contributed by atoms with Gasteiger partial charge in [0.2, 0.25) is 0 Å². The normalized spacial score (nSPS) is 21.3. The zero-order valence-electron chi connectivity index (χ0n) is 15.0. The minimum absolute atomic E-state index is 0.0703. The van der Waals surface area contributed by atoms with E-state index in [1.54, 1.807) is 6.07 Å². The first-order valence-electron chi connectivity index (χ1n) is 8.11. The molecular formula is C21H28O2. The summed E-state index contributed by atoms with van der Waals surface area (Å²) < 4.78 is 0. The average Bonchev–Trinajstić information content (AvgIpc) is 2.42. The Kier molecular flexibility index (Phi) is 4.59. The molecule has 2 heteroatoms. The minimum atomic E-state index is -0.462. The van der Waals surface area contributed by atoms with Crippen molar-refractivity contribution in [3.63, 3.8) is 0 Å². The van der Waals surface area contributed by atoms with Gasteiger partial charge in [-0.25, -0.2) is 0 Å². The van der Waals surface area contributed by atoms with E-state index in [0.29, 0.717) is 5.75 Å². The third kappa shape index (κ3) is 3.94. The van der Waals surface area contributed by atoms with Gasteiger partial charge in [0.25, 0.3) is 0 Å². The van der Waals surface area contributed by atoms with Crippen LogP contribution in [0.2, 0.25) is 0 Å². The molecule has 2 rings (SSSR count). The summed E-state index contributed by atoms with van der Waals surface area (Å²) in [6.45, 7) is 12.4. The molecule has 0 saturated heterocycles. The van der Waals surface area contributed by atoms with Crippen molar-refractivity contribution in [1.29, 1.82) is 0 Å². The number of hydrogen-bond acceptors (Lipinski definition) is 2. The van der Waals surface area contributed by atoms with Gasteiger partial charge < -0.3 is 10.2 Å². The first-order chi connectivity index (χ1) is 10.5. The van der Waals surface area contributed by atoms with Crippen molar-refractivity contribution in [3.05, 3.63) is 58.7 Å². The molecular weight excluding hydrogens is 284 g/mol. The smallest absolute Gasteiger partial charge is 0.118 e. The van der Waals surface area contributed by atoms with Gasteiger partial charge in [-0.15, -0.1) is 0 Å². The lowest BCUT2D eigenvalue weighted by molar-refractivity contribution is 0.0938. The predicted octanol–water partition coefficient (Wildman–Crippen LogP) is 5.01. The van der Waals surface area contributed by atoms with Crippen LogP contribution in [0.15, 0.2) is 47.6 Å². The lowest BCUT2D eigenvalue weighted by Crippen LogP contribution is -2.36. The number of aryl methyl sites for hydroxylation is 1. The third-order valence-electron chi connectivity index (χ3n) is 4.42. The largest absolute Gasteiger partial charge is 0.508 e. The molecule has 1 unspecified atom stereocenters. The summed E-state index contributed by atoms with van der Waals surface area (Å²) in [5.41, 5.74) is 3.73. The van der Waals surface area contributed by atoms with Gasteiger partial charge in [-0.3, -0.25) is 0 Å². The fraction of sp³-hybridized carbons (Fsp3) is 0.429. The lowest BCUT2D eigenvalue weighted by atomic mass is 9.69. The van der Waals surface area contributed by atoms with Crippen LogP contribution in [0.3, 0.4) is 0 Å². The average molecular weight is 312 g/mol. The SMILES string of the molecule is Cc1cc(C=CC2=CC(C)(C)C(O)C(C(C)(C)C)=C2)ccc1O. The number of phenolic OH excluding ortho intramolecular Hbond substituents is 1. The van der Waals surface area contributed by atoms with E-state index in [0.717, 1.165) is 22.3 Å². The molecule has 1 aromatic rings. The highest BCUT2D eigenvalue weighted by Crippen LogP contribution is 2.41. The Bertz CT molecular complexity index is 682. The summed E-state index contributed by atoms with van der Waals surface area (Å²) >= 11 is 0. The highest BCUT2D eigenvalue weighted by Gasteiger charge is 2.36. The molecule has 23 heavy (non-hydrogen) atoms. The maximum atomic E-state index is 10.6. The van der Waals surface area contributed by atoms with Crippen molar-refractivity contribution in [2.75, 3.05) is 0 Å². The van der Waals surface area contributed by atoms with Crippen molar-refractivity contribution >= 4 is 6.08 Å². The topological polar surface area (TPSA) is 40.5 Å². The van der Waals surface area contributed by atoms with Gasteiger partial charge in [-0.05, 0) is 46.7 Å². The second kappa shape index (κ2) is 6.01. The van der Waals surface area contributed by atoms with E-state index in [9.17, 15) is 10.2 Å². The number of phenols is 1. The molecule has 0 aliphatic heterocycles. The summed E-state index contributed by atoms with van der Waals surface area (Å²) in [7, 11) is 0. The second-order valence-corrected chi connectivity index (χ2v) is 8.10. The number of aromatic hydroxyl groups is 1. The zero-order chi connectivity index (χ0) is 17.4. The van der Waals surface area contributed by atoms with Crippen LogP contribution >= 0.6 is 0 Å². The van der Waals surface area contributed by atoms with Gasteiger partial charge in [-0.1, -0.05) is 65.0 Å². The van der Waals surface area contributed by atoms with Crippen LogP contribution in [0.4, 0.5) is 0 Å². The molecule has 1 aliphatic rings. The molecule has 0 amide bonds. The van der Waals surface area contributed by atoms with E-state index in [-0.39, 0.29) is 10.8 Å². The molecule has 0 aromatic heterocycles. The van der Waals surface area contributed by atoms with E-state index in [1.807, 2.05) is 25.1 Å². The number of rotatable bonds is 2. The highest BCUT2D eigenvalue weighted by molar-refractivity contribution is 5.58. The number of benzene rings is 1. The maximum absolute atomic E-state index is 10.6. The van der Waals surface area contributed by atoms with E-state index in [2.05, 4.69) is 52.8 Å². The molecule has 1 atom stereocenters. The summed E-state index contributed by atoms with van der Waals surface area (Å²) in [6.07, 6.45) is 7.88. The second-order valence-electron chi connectivity index (χ2n) is 8.10. The molecule has 2 nitrogen and oxygen atoms in total. The Balaban J connectivity index is 2.36. The molecule has 0 radical (unpaired) electrons. The van der Waals surface area contributed by atoms with Crippen molar-refractivity contribution < 1.29 is 10.2 Å². The highest BCUT2D eigenvalue weighted by atomic mass is 16.3. The Morgan fingerprint density at radius 3 is 2.35 bits per heavy atom. The molecule has 0 saturated carbocycles. The first kappa shape index (κ1) is 17.6. The van der Waals surface area contributed by atoms with Gasteiger partial charge in [0.1, 0.15) is 5.75 Å². The van der Waals surface area contributed by atoms with Crippen LogP contribution in [0.1, 0.15) is 45.7 Å². The third-order valence-corrected chi connectivity index (χ3v) is 4.42. The van der Waals surface area contributed by atoms with Crippen molar-refractivity contribution in [2.45, 2.75) is 47.6 Å². The van der Waals surface area contributed by atoms with E-state index in [1.165, 1.54) is 0 Å². The summed E-state index contributed by atoms with van der Waals surface area (Å²) in [4.78, 5) is 0. The molecule has 0 fully saturated rings. The van der Waals surface area contributed by atoms with Gasteiger partial charge in [0.05, 0.1) is 6.10 Å². The molecule has 0 heterocycles. The molecule has 1 aliphatic carbocycles. The fourth-order valence-corrected chi connectivity index (χ4v) is 2.91. The molecule has 1 aromatic carbocycles. The predicted molar refractivity (Wildman–Crippen MR) is 97.3 cm³/mol. The van der Waals surface area contributed by atoms with Crippen LogP contribution < -0.4 is 0 Å². The van der Waals surface area contributed by atoms with Gasteiger partial charge in [0.15, 0.2) is 0 Å². The number of aliphatic hydroxyl groups is 1. The van der Waals surface area contributed by atoms with Crippen LogP contribution in [-0.2, 0) is 0 Å². The van der Waals surface area contributed by atoms with Crippen molar-refractivity contribution in [2.24, 2.45) is 10.8 Å². The number of allylic oxidation sites excluding steroid dienone is 3. The zero-order valence-corrected chi connectivity index (χ0v) is 15.0. The van der Waals surface area contributed by atoms with Crippen molar-refractivity contribution in [3.8, 4) is 5.75 Å². The van der Waals surface area contributed by atoms with Crippen LogP contribution in [0.5, 0.6) is 5.75 Å². The Morgan fingerprint density at radius 2 is 1.78 bits per heavy atom. The van der Waals surface area contributed by atoms with E-state index in [4.69, 9.17) is 0 Å². The van der Waals surface area contributed by atoms with Crippen LogP contribution in [-0.4, -0.2) is 16.3 Å². The summed E-state index contributed by atoms with van der Waals surface area (Å²) in [5.74, 6) is 0.318. The Hall–Kier alpha value is -1.80. The number of hydrogen-bond donors (Lipinski definition) is 2. The monoisotopic (exact) mass is 312 g/mol. The summed E-state index contributed by atoms with van der Waals surface area (Å²) in [6, 6.07) is 5.58. The Labute approximate surface area is 139 Å². The lowest BCUT2D eigenvalue weighted by Gasteiger charge is -2.39. The molecule has 124 valence electrons. The van der Waals surface area contributed by atoms with E-state index >= 15 is 0 Å². The first-order valence-corrected chi connectivity index (χ1v) is 8.11. The number of aliphatic hydroxyl groups excluding tert-OH is 1. The van der Waals surface area contributed by atoms with Crippen LogP contribution in [0, 0.1) is 17.8 Å². The quantitative estimate of drug-likeness (QED) is 0.805. The molecule has 0 spiro atoms. The molecule has 2 N–H and O–H groups in total. The van der Waals surface area contributed by atoms with Crippen molar-refractivity contribution in [1.82, 2.24) is 0 Å². The molecule has 0 bridgehead atoms.